The molecule has 0 atom stereocenters. The van der Waals surface area contributed by atoms with E-state index < -0.39 is 5.97 Å². The minimum Gasteiger partial charge on any atom is -0.462 e. The van der Waals surface area contributed by atoms with Gasteiger partial charge in [-0.1, -0.05) is 24.7 Å². The molecule has 0 aliphatic rings. The Labute approximate surface area is 149 Å². The number of nitrogens with zero attached hydrogens (tertiary/aromatic N) is 2. The summed E-state index contributed by atoms with van der Waals surface area (Å²) < 4.78 is 4.99. The van der Waals surface area contributed by atoms with Gasteiger partial charge in [-0.2, -0.15) is 0 Å². The molecule has 1 amide bonds. The van der Waals surface area contributed by atoms with Crippen LogP contribution in [0.4, 0.5) is 5.13 Å². The predicted octanol–water partition coefficient (Wildman–Crippen LogP) is 3.99. The summed E-state index contributed by atoms with van der Waals surface area (Å²) in [5, 5.41) is 4.04. The number of unbranched alkanes of at least 4 members (excludes halogenated alkanes) is 1. The first kappa shape index (κ1) is 18.5. The van der Waals surface area contributed by atoms with Gasteiger partial charge >= 0.3 is 5.97 Å². The van der Waals surface area contributed by atoms with Crippen molar-refractivity contribution in [2.45, 2.75) is 47.0 Å². The van der Waals surface area contributed by atoms with Crippen molar-refractivity contribution < 1.29 is 14.3 Å². The summed E-state index contributed by atoms with van der Waals surface area (Å²) in [5.74, 6) is -0.638. The number of nitrogens with one attached hydrogen (secondary N) is 1. The third-order valence-corrected chi connectivity index (χ3v) is 5.32. The van der Waals surface area contributed by atoms with Crippen LogP contribution in [0.25, 0.3) is 0 Å². The Kier molecular flexibility index (Phi) is 6.44. The Hall–Kier alpha value is -1.80. The number of aromatic nitrogens is 2. The lowest BCUT2D eigenvalue weighted by atomic mass is 10.2. The molecule has 0 bridgehead atoms. The average molecular weight is 367 g/mol. The molecular weight excluding hydrogens is 346 g/mol. The number of hydrogen-bond donors (Lipinski definition) is 1. The molecule has 0 radical (unpaired) electrons. The van der Waals surface area contributed by atoms with E-state index in [0.29, 0.717) is 27.2 Å². The van der Waals surface area contributed by atoms with Crippen molar-refractivity contribution >= 4 is 39.7 Å². The number of carbonyl (C=O) groups is 2. The number of ether oxygens (including phenoxy) is 1. The lowest BCUT2D eigenvalue weighted by molar-refractivity contribution is 0.0531. The van der Waals surface area contributed by atoms with E-state index >= 15 is 0 Å². The van der Waals surface area contributed by atoms with Crippen molar-refractivity contribution in [3.63, 3.8) is 0 Å². The van der Waals surface area contributed by atoms with Gasteiger partial charge in [0.2, 0.25) is 0 Å². The molecule has 6 nitrogen and oxygen atoms in total. The normalized spacial score (nSPS) is 10.7. The molecule has 0 spiro atoms. The number of carbonyl (C=O) groups excluding carboxylic acids is 2. The zero-order valence-electron chi connectivity index (χ0n) is 14.3. The van der Waals surface area contributed by atoms with Crippen molar-refractivity contribution in [3.8, 4) is 0 Å². The maximum atomic E-state index is 12.5. The third kappa shape index (κ3) is 4.39. The first-order valence-corrected chi connectivity index (χ1v) is 9.51. The van der Waals surface area contributed by atoms with Gasteiger partial charge in [0.15, 0.2) is 5.13 Å². The van der Waals surface area contributed by atoms with Crippen LogP contribution in [0.5, 0.6) is 0 Å². The van der Waals surface area contributed by atoms with Crippen LogP contribution in [-0.4, -0.2) is 28.5 Å². The van der Waals surface area contributed by atoms with Gasteiger partial charge in [-0.15, -0.1) is 11.3 Å². The minimum atomic E-state index is -0.412. The highest BCUT2D eigenvalue weighted by molar-refractivity contribution is 7.18. The summed E-state index contributed by atoms with van der Waals surface area (Å²) in [5.41, 5.74) is 1.39. The van der Waals surface area contributed by atoms with E-state index in [1.165, 1.54) is 11.3 Å². The van der Waals surface area contributed by atoms with Crippen LogP contribution >= 0.6 is 22.7 Å². The summed E-state index contributed by atoms with van der Waals surface area (Å²) in [4.78, 5) is 34.1. The fraction of sp³-hybridized carbons (Fsp3) is 0.500. The van der Waals surface area contributed by atoms with Gasteiger partial charge in [0, 0.05) is 0 Å². The van der Waals surface area contributed by atoms with Gasteiger partial charge in [0.1, 0.15) is 9.75 Å². The molecular formula is C16H21N3O3S2. The number of anilines is 1. The molecule has 0 unspecified atom stereocenters. The number of aryl methyl sites for hydroxylation is 3. The Balaban J connectivity index is 2.15. The highest BCUT2D eigenvalue weighted by atomic mass is 32.1. The lowest BCUT2D eigenvalue weighted by Crippen LogP contribution is -2.12. The van der Waals surface area contributed by atoms with Crippen LogP contribution in [0, 0.1) is 13.8 Å². The van der Waals surface area contributed by atoms with E-state index in [0.717, 1.165) is 41.3 Å². The zero-order chi connectivity index (χ0) is 17.7. The Morgan fingerprint density at radius 1 is 1.12 bits per heavy atom. The topological polar surface area (TPSA) is 81.2 Å². The van der Waals surface area contributed by atoms with Crippen molar-refractivity contribution in [3.05, 3.63) is 26.1 Å². The monoisotopic (exact) mass is 367 g/mol. The number of amides is 1. The highest BCUT2D eigenvalue weighted by Crippen LogP contribution is 2.26. The molecule has 24 heavy (non-hydrogen) atoms. The quantitative estimate of drug-likeness (QED) is 0.748. The van der Waals surface area contributed by atoms with Gasteiger partial charge in [-0.3, -0.25) is 10.1 Å². The van der Waals surface area contributed by atoms with Crippen molar-refractivity contribution in [2.75, 3.05) is 11.9 Å². The van der Waals surface area contributed by atoms with E-state index in [4.69, 9.17) is 4.74 Å². The van der Waals surface area contributed by atoms with Crippen molar-refractivity contribution in [1.29, 1.82) is 0 Å². The largest absolute Gasteiger partial charge is 0.462 e. The zero-order valence-corrected chi connectivity index (χ0v) is 15.9. The van der Waals surface area contributed by atoms with E-state index in [9.17, 15) is 9.59 Å². The van der Waals surface area contributed by atoms with Gasteiger partial charge in [0.25, 0.3) is 5.91 Å². The standard InChI is InChI=1S/C16H21N3O3S2/c1-5-7-8-11-13(23-10(4)18-11)14(20)19-16-17-9(3)12(24-16)15(21)22-6-2/h5-8H2,1-4H3,(H,17,19,20). The lowest BCUT2D eigenvalue weighted by Gasteiger charge is -2.01. The molecule has 0 aliphatic carbocycles. The minimum absolute atomic E-state index is 0.226. The molecule has 2 rings (SSSR count). The molecule has 0 aromatic carbocycles. The highest BCUT2D eigenvalue weighted by Gasteiger charge is 2.21. The summed E-state index contributed by atoms with van der Waals surface area (Å²) in [7, 11) is 0. The molecule has 8 heteroatoms. The van der Waals surface area contributed by atoms with Crippen molar-refractivity contribution in [1.82, 2.24) is 9.97 Å². The Bertz CT molecular complexity index is 737. The van der Waals surface area contributed by atoms with Crippen LogP contribution in [0.2, 0.25) is 0 Å². The number of thiazole rings is 2. The molecule has 130 valence electrons. The number of rotatable bonds is 7. The van der Waals surface area contributed by atoms with Crippen LogP contribution in [0.3, 0.4) is 0 Å². The predicted molar refractivity (Wildman–Crippen MR) is 96.2 cm³/mol. The van der Waals surface area contributed by atoms with Crippen LogP contribution in [0.1, 0.15) is 62.4 Å². The summed E-state index contributed by atoms with van der Waals surface area (Å²) in [6, 6.07) is 0. The van der Waals surface area contributed by atoms with Gasteiger partial charge < -0.3 is 4.74 Å². The fourth-order valence-electron chi connectivity index (χ4n) is 2.15. The van der Waals surface area contributed by atoms with Gasteiger partial charge in [0.05, 0.1) is 23.0 Å². The molecule has 0 aliphatic heterocycles. The average Bonchev–Trinajstić information content (AvgIpc) is 3.08. The smallest absolute Gasteiger partial charge is 0.350 e. The number of esters is 1. The molecule has 2 aromatic rings. The van der Waals surface area contributed by atoms with E-state index in [1.807, 2.05) is 6.92 Å². The van der Waals surface area contributed by atoms with Gasteiger partial charge in [-0.25, -0.2) is 14.8 Å². The summed E-state index contributed by atoms with van der Waals surface area (Å²) in [6.45, 7) is 7.78. The first-order chi connectivity index (χ1) is 11.5. The second-order valence-electron chi connectivity index (χ2n) is 5.22. The molecule has 0 saturated heterocycles. The van der Waals surface area contributed by atoms with Crippen LogP contribution < -0.4 is 5.32 Å². The Morgan fingerprint density at radius 2 is 1.88 bits per heavy atom. The fourth-order valence-corrected chi connectivity index (χ4v) is 3.87. The molecule has 2 aromatic heterocycles. The van der Waals surface area contributed by atoms with Crippen molar-refractivity contribution in [2.24, 2.45) is 0 Å². The molecule has 2 heterocycles. The van der Waals surface area contributed by atoms with Crippen LogP contribution in [-0.2, 0) is 11.2 Å². The van der Waals surface area contributed by atoms with E-state index in [-0.39, 0.29) is 5.91 Å². The second kappa shape index (κ2) is 8.34. The summed E-state index contributed by atoms with van der Waals surface area (Å²) in [6.07, 6.45) is 2.83. The maximum absolute atomic E-state index is 12.5. The maximum Gasteiger partial charge on any atom is 0.350 e. The first-order valence-electron chi connectivity index (χ1n) is 7.88. The molecule has 0 fully saturated rings. The summed E-state index contributed by atoms with van der Waals surface area (Å²) >= 11 is 2.51. The number of hydrogen-bond acceptors (Lipinski definition) is 7. The third-order valence-electron chi connectivity index (χ3n) is 3.26. The molecule has 0 saturated carbocycles. The second-order valence-corrected chi connectivity index (χ2v) is 7.42. The van der Waals surface area contributed by atoms with Crippen LogP contribution in [0.15, 0.2) is 0 Å². The Morgan fingerprint density at radius 3 is 2.54 bits per heavy atom. The SMILES string of the molecule is CCCCc1nc(C)sc1C(=O)Nc1nc(C)c(C(=O)OCC)s1. The molecule has 1 N–H and O–H groups in total. The van der Waals surface area contributed by atoms with E-state index in [2.05, 4.69) is 22.2 Å². The van der Waals surface area contributed by atoms with E-state index in [1.54, 1.807) is 13.8 Å². The van der Waals surface area contributed by atoms with Gasteiger partial charge in [-0.05, 0) is 33.6 Å².